The van der Waals surface area contributed by atoms with Gasteiger partial charge < -0.3 is 10.1 Å². The Balaban J connectivity index is 2.29. The summed E-state index contributed by atoms with van der Waals surface area (Å²) < 4.78 is 5.06. The second-order valence-electron chi connectivity index (χ2n) is 5.44. The standard InChI is InChI=1S/C20H24N4O/c1-6-15-8-9-17(13-16(15)7-2)23-20-22-11-10-18(24-20)19(21-4)12-14(3)25-5/h8-13H,3-4,6-7H2,1-2,5H3,(H,22,23,24)/b19-12-. The number of nitrogens with one attached hydrogen (secondary N) is 1. The minimum atomic E-state index is 0.485. The molecule has 0 aliphatic rings. The molecule has 0 atom stereocenters. The fourth-order valence-electron chi connectivity index (χ4n) is 2.48. The Morgan fingerprint density at radius 3 is 2.64 bits per heavy atom. The molecular weight excluding hydrogens is 312 g/mol. The van der Waals surface area contributed by atoms with Gasteiger partial charge in [0.2, 0.25) is 5.95 Å². The van der Waals surface area contributed by atoms with Gasteiger partial charge in [0, 0.05) is 18.0 Å². The third-order valence-corrected chi connectivity index (χ3v) is 3.87. The first kappa shape index (κ1) is 18.4. The smallest absolute Gasteiger partial charge is 0.227 e. The molecule has 1 aromatic carbocycles. The van der Waals surface area contributed by atoms with Gasteiger partial charge in [-0.05, 0) is 48.9 Å². The highest BCUT2D eigenvalue weighted by Gasteiger charge is 2.06. The Morgan fingerprint density at radius 2 is 2.00 bits per heavy atom. The van der Waals surface area contributed by atoms with Crippen molar-refractivity contribution in [3.05, 3.63) is 65.7 Å². The van der Waals surface area contributed by atoms with Gasteiger partial charge in [0.1, 0.15) is 5.76 Å². The van der Waals surface area contributed by atoms with E-state index in [0.717, 1.165) is 18.5 Å². The molecule has 2 aromatic rings. The van der Waals surface area contributed by atoms with Crippen LogP contribution < -0.4 is 5.32 Å². The van der Waals surface area contributed by atoms with Crippen LogP contribution in [-0.4, -0.2) is 23.8 Å². The molecule has 2 rings (SSSR count). The van der Waals surface area contributed by atoms with E-state index in [4.69, 9.17) is 4.74 Å². The molecule has 0 saturated carbocycles. The lowest BCUT2D eigenvalue weighted by Gasteiger charge is -2.11. The van der Waals surface area contributed by atoms with Crippen LogP contribution in [0, 0.1) is 0 Å². The number of aromatic nitrogens is 2. The number of ether oxygens (including phenoxy) is 1. The van der Waals surface area contributed by atoms with E-state index in [1.165, 1.54) is 11.1 Å². The maximum Gasteiger partial charge on any atom is 0.227 e. The van der Waals surface area contributed by atoms with Crippen molar-refractivity contribution < 1.29 is 4.74 Å². The normalized spacial score (nSPS) is 11.1. The van der Waals surface area contributed by atoms with Crippen molar-refractivity contribution in [2.45, 2.75) is 26.7 Å². The highest BCUT2D eigenvalue weighted by molar-refractivity contribution is 5.68. The van der Waals surface area contributed by atoms with Crippen molar-refractivity contribution in [1.82, 2.24) is 9.97 Å². The first-order valence-corrected chi connectivity index (χ1v) is 8.24. The lowest BCUT2D eigenvalue weighted by atomic mass is 10.0. The molecule has 5 nitrogen and oxygen atoms in total. The zero-order chi connectivity index (χ0) is 18.2. The zero-order valence-corrected chi connectivity index (χ0v) is 15.0. The molecule has 0 saturated heterocycles. The minimum Gasteiger partial charge on any atom is -0.497 e. The first-order valence-electron chi connectivity index (χ1n) is 8.24. The quantitative estimate of drug-likeness (QED) is 0.436. The number of hydrogen-bond acceptors (Lipinski definition) is 5. The molecule has 0 aliphatic carbocycles. The summed E-state index contributed by atoms with van der Waals surface area (Å²) in [5.74, 6) is 0.986. The van der Waals surface area contributed by atoms with E-state index < -0.39 is 0 Å². The maximum absolute atomic E-state index is 5.06. The molecule has 0 spiro atoms. The summed E-state index contributed by atoms with van der Waals surface area (Å²) in [6, 6.07) is 8.10. The summed E-state index contributed by atoms with van der Waals surface area (Å²) in [6.45, 7) is 11.7. The summed E-state index contributed by atoms with van der Waals surface area (Å²) >= 11 is 0. The Morgan fingerprint density at radius 1 is 1.24 bits per heavy atom. The largest absolute Gasteiger partial charge is 0.497 e. The van der Waals surface area contributed by atoms with Gasteiger partial charge in [-0.1, -0.05) is 26.5 Å². The summed E-state index contributed by atoms with van der Waals surface area (Å²) in [4.78, 5) is 12.8. The van der Waals surface area contributed by atoms with Crippen molar-refractivity contribution in [2.75, 3.05) is 12.4 Å². The highest BCUT2D eigenvalue weighted by Crippen LogP contribution is 2.21. The lowest BCUT2D eigenvalue weighted by Crippen LogP contribution is -2.01. The third kappa shape index (κ3) is 4.76. The molecule has 1 heterocycles. The predicted molar refractivity (Wildman–Crippen MR) is 104 cm³/mol. The van der Waals surface area contributed by atoms with Crippen LogP contribution in [0.25, 0.3) is 5.70 Å². The van der Waals surface area contributed by atoms with E-state index in [9.17, 15) is 0 Å². The molecule has 1 aromatic heterocycles. The number of aryl methyl sites for hydroxylation is 2. The number of hydrogen-bond donors (Lipinski definition) is 1. The van der Waals surface area contributed by atoms with Gasteiger partial charge in [-0.2, -0.15) is 0 Å². The Hall–Kier alpha value is -2.95. The molecule has 0 unspecified atom stereocenters. The molecule has 130 valence electrons. The maximum atomic E-state index is 5.06. The zero-order valence-electron chi connectivity index (χ0n) is 15.0. The predicted octanol–water partition coefficient (Wildman–Crippen LogP) is 4.55. The second-order valence-corrected chi connectivity index (χ2v) is 5.44. The molecule has 0 fully saturated rings. The van der Waals surface area contributed by atoms with E-state index in [1.54, 1.807) is 25.4 Å². The van der Waals surface area contributed by atoms with Crippen LogP contribution in [0.1, 0.15) is 30.7 Å². The van der Waals surface area contributed by atoms with Crippen molar-refractivity contribution in [3.8, 4) is 0 Å². The SMILES string of the molecule is C=N/C(=C\C(=C)OC)c1ccnc(Nc2ccc(CC)c(CC)c2)n1. The lowest BCUT2D eigenvalue weighted by molar-refractivity contribution is 0.309. The molecule has 0 radical (unpaired) electrons. The van der Waals surface area contributed by atoms with Gasteiger partial charge in [-0.15, -0.1) is 0 Å². The number of methoxy groups -OCH3 is 1. The monoisotopic (exact) mass is 336 g/mol. The van der Waals surface area contributed by atoms with Gasteiger partial charge in [0.25, 0.3) is 0 Å². The summed E-state index contributed by atoms with van der Waals surface area (Å²) in [5, 5.41) is 3.25. The molecule has 25 heavy (non-hydrogen) atoms. The van der Waals surface area contributed by atoms with Gasteiger partial charge in [0.15, 0.2) is 0 Å². The summed E-state index contributed by atoms with van der Waals surface area (Å²) in [7, 11) is 1.55. The van der Waals surface area contributed by atoms with E-state index >= 15 is 0 Å². The fourth-order valence-corrected chi connectivity index (χ4v) is 2.48. The Bertz CT molecular complexity index is 796. The molecule has 0 bridgehead atoms. The Kier molecular flexibility index (Phi) is 6.46. The van der Waals surface area contributed by atoms with Gasteiger partial charge in [-0.3, -0.25) is 4.99 Å². The van der Waals surface area contributed by atoms with E-state index in [1.807, 2.05) is 6.07 Å². The summed E-state index contributed by atoms with van der Waals surface area (Å²) in [5.41, 5.74) is 4.87. The van der Waals surface area contributed by atoms with Gasteiger partial charge >= 0.3 is 0 Å². The van der Waals surface area contributed by atoms with Crippen LogP contribution >= 0.6 is 0 Å². The van der Waals surface area contributed by atoms with E-state index in [0.29, 0.717) is 23.1 Å². The summed E-state index contributed by atoms with van der Waals surface area (Å²) in [6.07, 6.45) is 5.38. The van der Waals surface area contributed by atoms with Crippen LogP contribution in [0.3, 0.4) is 0 Å². The van der Waals surface area contributed by atoms with Crippen molar-refractivity contribution in [2.24, 2.45) is 4.99 Å². The van der Waals surface area contributed by atoms with Crippen LogP contribution in [-0.2, 0) is 17.6 Å². The highest BCUT2D eigenvalue weighted by atomic mass is 16.5. The second kappa shape index (κ2) is 8.78. The number of nitrogens with zero attached hydrogens (tertiary/aromatic N) is 3. The average molecular weight is 336 g/mol. The number of anilines is 2. The van der Waals surface area contributed by atoms with Gasteiger partial charge in [-0.25, -0.2) is 9.97 Å². The van der Waals surface area contributed by atoms with Crippen LogP contribution in [0.15, 0.2) is 53.9 Å². The Labute approximate surface area is 149 Å². The molecule has 1 N–H and O–H groups in total. The topological polar surface area (TPSA) is 59.4 Å². The number of aliphatic imine (C=N–C) groups is 1. The van der Waals surface area contributed by atoms with Crippen molar-refractivity contribution in [1.29, 1.82) is 0 Å². The first-order chi connectivity index (χ1) is 12.1. The van der Waals surface area contributed by atoms with Crippen LogP contribution in [0.2, 0.25) is 0 Å². The molecule has 5 heteroatoms. The molecular formula is C20H24N4O. The fraction of sp³-hybridized carbons (Fsp3) is 0.250. The van der Waals surface area contributed by atoms with Gasteiger partial charge in [0.05, 0.1) is 18.5 Å². The third-order valence-electron chi connectivity index (χ3n) is 3.87. The number of rotatable bonds is 8. The minimum absolute atomic E-state index is 0.485. The number of benzene rings is 1. The van der Waals surface area contributed by atoms with Crippen molar-refractivity contribution in [3.63, 3.8) is 0 Å². The average Bonchev–Trinajstić information content (AvgIpc) is 2.65. The molecule has 0 aliphatic heterocycles. The molecule has 0 amide bonds. The van der Waals surface area contributed by atoms with E-state index in [2.05, 4.69) is 59.6 Å². The van der Waals surface area contributed by atoms with Crippen LogP contribution in [0.4, 0.5) is 11.6 Å². The van der Waals surface area contributed by atoms with Crippen molar-refractivity contribution >= 4 is 24.1 Å². The van der Waals surface area contributed by atoms with E-state index in [-0.39, 0.29) is 0 Å². The van der Waals surface area contributed by atoms with Crippen LogP contribution in [0.5, 0.6) is 0 Å². The number of allylic oxidation sites excluding steroid dienone is 1.